The number of nitrogens with zero attached hydrogens (tertiary/aromatic N) is 4. The van der Waals surface area contributed by atoms with Gasteiger partial charge in [-0.15, -0.1) is 10.2 Å². The van der Waals surface area contributed by atoms with Crippen LogP contribution in [0.15, 0.2) is 71.9 Å². The predicted molar refractivity (Wildman–Crippen MR) is 148 cm³/mol. The molecule has 2 N–H and O–H groups in total. The zero-order valence-corrected chi connectivity index (χ0v) is 23.0. The van der Waals surface area contributed by atoms with E-state index in [1.807, 2.05) is 0 Å². The predicted octanol–water partition coefficient (Wildman–Crippen LogP) is 5.17. The van der Waals surface area contributed by atoms with Crippen molar-refractivity contribution in [2.75, 3.05) is 18.2 Å². The van der Waals surface area contributed by atoms with E-state index in [4.69, 9.17) is 4.74 Å². The summed E-state index contributed by atoms with van der Waals surface area (Å²) in [6, 6.07) is 15.6. The topological polar surface area (TPSA) is 141 Å². The highest BCUT2D eigenvalue weighted by Crippen LogP contribution is 2.35. The first-order chi connectivity index (χ1) is 20.0. The largest absolute Gasteiger partial charge is 0.495 e. The van der Waals surface area contributed by atoms with E-state index in [-0.39, 0.29) is 40.2 Å². The van der Waals surface area contributed by atoms with Crippen molar-refractivity contribution in [1.82, 2.24) is 20.1 Å². The highest BCUT2D eigenvalue weighted by molar-refractivity contribution is 7.99. The highest BCUT2D eigenvalue weighted by Gasteiger charge is 2.33. The van der Waals surface area contributed by atoms with Gasteiger partial charge in [-0.3, -0.25) is 24.3 Å². The van der Waals surface area contributed by atoms with Crippen LogP contribution < -0.4 is 15.4 Å². The molecule has 4 rings (SSSR count). The number of methoxy groups -OCH3 is 1. The molecule has 42 heavy (non-hydrogen) atoms. The normalized spacial score (nSPS) is 11.2. The van der Waals surface area contributed by atoms with E-state index in [9.17, 15) is 32.9 Å². The number of hydrogen-bond acceptors (Lipinski definition) is 8. The van der Waals surface area contributed by atoms with Crippen molar-refractivity contribution in [2.24, 2.45) is 0 Å². The molecule has 0 saturated heterocycles. The zero-order chi connectivity index (χ0) is 30.4. The molecule has 0 aliphatic rings. The Hall–Kier alpha value is -4.92. The van der Waals surface area contributed by atoms with Crippen molar-refractivity contribution in [3.8, 4) is 11.4 Å². The van der Waals surface area contributed by atoms with Gasteiger partial charge >= 0.3 is 6.18 Å². The first-order valence-corrected chi connectivity index (χ1v) is 13.2. The molecule has 15 heteroatoms. The maximum atomic E-state index is 13.3. The van der Waals surface area contributed by atoms with Gasteiger partial charge in [0.05, 0.1) is 41.3 Å². The fourth-order valence-corrected chi connectivity index (χ4v) is 4.69. The number of aromatic nitrogens is 3. The number of nitro benzene ring substituents is 1. The number of para-hydroxylation sites is 3. The maximum Gasteiger partial charge on any atom is 0.418 e. The summed E-state index contributed by atoms with van der Waals surface area (Å²) in [6.07, 6.45) is -4.65. The van der Waals surface area contributed by atoms with E-state index in [0.29, 0.717) is 17.0 Å². The number of carbonyl (C=O) groups excluding carboxylic acids is 2. The molecule has 1 heterocycles. The molecule has 0 atom stereocenters. The van der Waals surface area contributed by atoms with Crippen LogP contribution in [0.4, 0.5) is 24.5 Å². The summed E-state index contributed by atoms with van der Waals surface area (Å²) >= 11 is 0.913. The summed E-state index contributed by atoms with van der Waals surface area (Å²) in [4.78, 5) is 36.1. The molecule has 0 aliphatic heterocycles. The minimum Gasteiger partial charge on any atom is -0.495 e. The van der Waals surface area contributed by atoms with Gasteiger partial charge in [0.2, 0.25) is 5.91 Å². The summed E-state index contributed by atoms with van der Waals surface area (Å²) in [5, 5.41) is 24.7. The van der Waals surface area contributed by atoms with Gasteiger partial charge in [-0.2, -0.15) is 13.2 Å². The Morgan fingerprint density at radius 3 is 2.50 bits per heavy atom. The minimum absolute atomic E-state index is 0.0704. The number of nitro groups is 1. The molecular weight excluding hydrogens is 577 g/mol. The molecule has 0 fully saturated rings. The van der Waals surface area contributed by atoms with Crippen LogP contribution in [-0.4, -0.2) is 44.4 Å². The van der Waals surface area contributed by atoms with Gasteiger partial charge in [0.25, 0.3) is 11.6 Å². The Kier molecular flexibility index (Phi) is 9.10. The Morgan fingerprint density at radius 2 is 1.79 bits per heavy atom. The van der Waals surface area contributed by atoms with Gasteiger partial charge in [0, 0.05) is 17.2 Å². The minimum atomic E-state index is -4.65. The number of amides is 2. The summed E-state index contributed by atoms with van der Waals surface area (Å²) < 4.78 is 47.0. The zero-order valence-electron chi connectivity index (χ0n) is 22.1. The van der Waals surface area contributed by atoms with Crippen LogP contribution >= 0.6 is 11.8 Å². The van der Waals surface area contributed by atoms with Gasteiger partial charge in [-0.1, -0.05) is 42.1 Å². The summed E-state index contributed by atoms with van der Waals surface area (Å²) in [6.45, 7) is 1.40. The number of rotatable bonds is 10. The van der Waals surface area contributed by atoms with Crippen molar-refractivity contribution in [3.05, 3.63) is 99.4 Å². The van der Waals surface area contributed by atoms with E-state index < -0.39 is 28.5 Å². The number of anilines is 1. The average Bonchev–Trinajstić information content (AvgIpc) is 3.37. The van der Waals surface area contributed by atoms with Crippen LogP contribution in [-0.2, 0) is 17.5 Å². The van der Waals surface area contributed by atoms with Crippen LogP contribution in [0, 0.1) is 17.0 Å². The summed E-state index contributed by atoms with van der Waals surface area (Å²) in [7, 11) is 1.45. The second-order valence-corrected chi connectivity index (χ2v) is 9.67. The van der Waals surface area contributed by atoms with Gasteiger partial charge in [0.1, 0.15) is 5.75 Å². The van der Waals surface area contributed by atoms with Crippen LogP contribution in [0.1, 0.15) is 27.3 Å². The van der Waals surface area contributed by atoms with Crippen molar-refractivity contribution in [2.45, 2.75) is 24.8 Å². The lowest BCUT2D eigenvalue weighted by Crippen LogP contribution is -2.25. The maximum absolute atomic E-state index is 13.3. The number of nitrogens with one attached hydrogen (secondary N) is 2. The molecule has 11 nitrogen and oxygen atoms in total. The molecule has 3 aromatic carbocycles. The molecular formula is C27H23F3N6O5S. The van der Waals surface area contributed by atoms with E-state index >= 15 is 0 Å². The van der Waals surface area contributed by atoms with Crippen molar-refractivity contribution in [3.63, 3.8) is 0 Å². The van der Waals surface area contributed by atoms with Crippen molar-refractivity contribution in [1.29, 1.82) is 0 Å². The van der Waals surface area contributed by atoms with Gasteiger partial charge in [-0.05, 0) is 37.3 Å². The summed E-state index contributed by atoms with van der Waals surface area (Å²) in [5.74, 6) is -0.949. The molecule has 0 aliphatic carbocycles. The molecule has 4 aromatic rings. The lowest BCUT2D eigenvalue weighted by molar-refractivity contribution is -0.385. The van der Waals surface area contributed by atoms with Crippen molar-refractivity contribution < 1.29 is 32.4 Å². The lowest BCUT2D eigenvalue weighted by Gasteiger charge is -2.15. The van der Waals surface area contributed by atoms with Crippen molar-refractivity contribution >= 4 is 35.0 Å². The second-order valence-electron chi connectivity index (χ2n) is 8.73. The standard InChI is InChI=1S/C27H23F3N6O5S/c1-16-11-12-17(13-21(16)36(39)40)25(38)31-14-23-33-34-26(35(23)20-9-5-6-10-22(20)41-2)42-15-24(37)32-19-8-4-3-7-18(19)27(28,29)30/h3-13H,14-15H2,1-2H3,(H,31,38)(H,32,37). The number of benzene rings is 3. The number of thioether (sulfide) groups is 1. The van der Waals surface area contributed by atoms with Gasteiger partial charge in [-0.25, -0.2) is 0 Å². The van der Waals surface area contributed by atoms with E-state index in [2.05, 4.69) is 20.8 Å². The Labute approximate surface area is 241 Å². The Morgan fingerprint density at radius 1 is 1.07 bits per heavy atom. The molecule has 0 radical (unpaired) electrons. The number of ether oxygens (including phenoxy) is 1. The number of hydrogen-bond donors (Lipinski definition) is 2. The monoisotopic (exact) mass is 600 g/mol. The SMILES string of the molecule is COc1ccccc1-n1c(CNC(=O)c2ccc(C)c([N+](=O)[O-])c2)nnc1SCC(=O)Nc1ccccc1C(F)(F)F. The van der Waals surface area contributed by atoms with Crippen LogP contribution in [0.3, 0.4) is 0 Å². The van der Waals surface area contributed by atoms with E-state index in [0.717, 1.165) is 23.9 Å². The van der Waals surface area contributed by atoms with E-state index in [1.54, 1.807) is 31.2 Å². The quantitative estimate of drug-likeness (QED) is 0.144. The molecule has 0 spiro atoms. The lowest BCUT2D eigenvalue weighted by atomic mass is 10.1. The number of carbonyl (C=O) groups is 2. The Balaban J connectivity index is 1.56. The fraction of sp³-hybridized carbons (Fsp3) is 0.185. The average molecular weight is 601 g/mol. The third-order valence-electron chi connectivity index (χ3n) is 5.94. The van der Waals surface area contributed by atoms with Crippen LogP contribution in [0.25, 0.3) is 5.69 Å². The molecule has 1 aromatic heterocycles. The molecule has 218 valence electrons. The highest BCUT2D eigenvalue weighted by atomic mass is 32.2. The fourth-order valence-electron chi connectivity index (χ4n) is 3.93. The number of halogens is 3. The third-order valence-corrected chi connectivity index (χ3v) is 6.87. The molecule has 0 saturated carbocycles. The Bertz CT molecular complexity index is 1640. The van der Waals surface area contributed by atoms with Crippen LogP contribution in [0.5, 0.6) is 5.75 Å². The third kappa shape index (κ3) is 6.86. The summed E-state index contributed by atoms with van der Waals surface area (Å²) in [5.41, 5.74) is -0.597. The smallest absolute Gasteiger partial charge is 0.418 e. The van der Waals surface area contributed by atoms with Crippen LogP contribution in [0.2, 0.25) is 0 Å². The number of aryl methyl sites for hydroxylation is 1. The first kappa shape index (κ1) is 30.0. The molecule has 0 bridgehead atoms. The molecule has 0 unspecified atom stereocenters. The van der Waals surface area contributed by atoms with E-state index in [1.165, 1.54) is 42.0 Å². The number of alkyl halides is 3. The van der Waals surface area contributed by atoms with Gasteiger partial charge < -0.3 is 15.4 Å². The van der Waals surface area contributed by atoms with Gasteiger partial charge in [0.15, 0.2) is 11.0 Å². The second kappa shape index (κ2) is 12.7. The molecule has 2 amide bonds. The first-order valence-electron chi connectivity index (χ1n) is 12.2.